The van der Waals surface area contributed by atoms with Crippen LogP contribution in [0.3, 0.4) is 0 Å². The van der Waals surface area contributed by atoms with Crippen molar-refractivity contribution < 1.29 is 22.7 Å². The molecule has 4 rings (SSSR count). The lowest BCUT2D eigenvalue weighted by Gasteiger charge is -2.29. The SMILES string of the molecule is CCCCN1C(C)=NS(=O)(=O)c2cc(C(=O)NCc3ccc4c(c3)OCO4)ccc21. The molecular formula is C21H23N3O5S. The minimum absolute atomic E-state index is 0.0555. The van der Waals surface area contributed by atoms with Crippen molar-refractivity contribution in [2.75, 3.05) is 18.2 Å². The molecule has 9 heteroatoms. The third-order valence-corrected chi connectivity index (χ3v) is 6.45. The van der Waals surface area contributed by atoms with Gasteiger partial charge in [0, 0.05) is 18.7 Å². The van der Waals surface area contributed by atoms with Crippen molar-refractivity contribution in [3.63, 3.8) is 0 Å². The molecular weight excluding hydrogens is 406 g/mol. The standard InChI is InChI=1S/C21H23N3O5S/c1-3-4-9-24-14(2)23-30(26,27)20-11-16(6-7-17(20)24)21(25)22-12-15-5-8-18-19(10-15)29-13-28-18/h5-8,10-11H,3-4,9,12-13H2,1-2H3,(H,22,25). The van der Waals surface area contributed by atoms with Gasteiger partial charge in [-0.05, 0) is 49.2 Å². The molecule has 0 bridgehead atoms. The maximum absolute atomic E-state index is 12.7. The van der Waals surface area contributed by atoms with Gasteiger partial charge in [-0.15, -0.1) is 4.40 Å². The minimum Gasteiger partial charge on any atom is -0.454 e. The van der Waals surface area contributed by atoms with Crippen LogP contribution in [0.1, 0.15) is 42.6 Å². The monoisotopic (exact) mass is 429 g/mol. The van der Waals surface area contributed by atoms with Gasteiger partial charge in [0.1, 0.15) is 10.7 Å². The van der Waals surface area contributed by atoms with E-state index in [0.29, 0.717) is 29.6 Å². The number of hydrogen-bond donors (Lipinski definition) is 1. The molecule has 0 fully saturated rings. The van der Waals surface area contributed by atoms with Crippen molar-refractivity contribution in [3.05, 3.63) is 47.5 Å². The Bertz CT molecular complexity index is 1130. The van der Waals surface area contributed by atoms with Gasteiger partial charge in [0.25, 0.3) is 15.9 Å². The molecule has 1 amide bonds. The van der Waals surface area contributed by atoms with Gasteiger partial charge in [0.05, 0.1) is 5.69 Å². The van der Waals surface area contributed by atoms with Gasteiger partial charge in [-0.25, -0.2) is 0 Å². The number of nitrogens with zero attached hydrogens (tertiary/aromatic N) is 2. The quantitative estimate of drug-likeness (QED) is 0.758. The van der Waals surface area contributed by atoms with E-state index in [9.17, 15) is 13.2 Å². The molecule has 0 saturated heterocycles. The number of ether oxygens (including phenoxy) is 2. The van der Waals surface area contributed by atoms with Crippen molar-refractivity contribution >= 4 is 27.5 Å². The fraction of sp³-hybridized carbons (Fsp3) is 0.333. The second kappa shape index (κ2) is 7.98. The minimum atomic E-state index is -3.84. The first-order valence-electron chi connectivity index (χ1n) is 9.79. The molecule has 0 unspecified atom stereocenters. The van der Waals surface area contributed by atoms with Crippen LogP contribution in [0, 0.1) is 0 Å². The highest BCUT2D eigenvalue weighted by atomic mass is 32.2. The van der Waals surface area contributed by atoms with Crippen molar-refractivity contribution in [1.29, 1.82) is 0 Å². The van der Waals surface area contributed by atoms with E-state index >= 15 is 0 Å². The highest BCUT2D eigenvalue weighted by Crippen LogP contribution is 2.34. The summed E-state index contributed by atoms with van der Waals surface area (Å²) in [6, 6.07) is 10.2. The van der Waals surface area contributed by atoms with Gasteiger partial charge in [0.15, 0.2) is 11.5 Å². The number of unbranched alkanes of at least 4 members (excludes halogenated alkanes) is 1. The zero-order chi connectivity index (χ0) is 21.3. The van der Waals surface area contributed by atoms with Gasteiger partial charge < -0.3 is 19.7 Å². The molecule has 2 aliphatic rings. The van der Waals surface area contributed by atoms with E-state index in [1.54, 1.807) is 25.1 Å². The summed E-state index contributed by atoms with van der Waals surface area (Å²) in [4.78, 5) is 14.6. The van der Waals surface area contributed by atoms with Crippen LogP contribution < -0.4 is 19.7 Å². The summed E-state index contributed by atoms with van der Waals surface area (Å²) in [6.07, 6.45) is 1.89. The number of anilines is 1. The van der Waals surface area contributed by atoms with E-state index in [-0.39, 0.29) is 29.7 Å². The number of amidine groups is 1. The molecule has 0 aliphatic carbocycles. The maximum Gasteiger partial charge on any atom is 0.286 e. The van der Waals surface area contributed by atoms with Crippen molar-refractivity contribution in [3.8, 4) is 11.5 Å². The molecule has 30 heavy (non-hydrogen) atoms. The van der Waals surface area contributed by atoms with E-state index in [1.807, 2.05) is 17.0 Å². The predicted octanol–water partition coefficient (Wildman–Crippen LogP) is 3.07. The summed E-state index contributed by atoms with van der Waals surface area (Å²) in [5.41, 5.74) is 1.68. The molecule has 8 nitrogen and oxygen atoms in total. The Kier molecular flexibility index (Phi) is 5.38. The average molecular weight is 429 g/mol. The smallest absolute Gasteiger partial charge is 0.286 e. The zero-order valence-electron chi connectivity index (χ0n) is 16.8. The molecule has 0 saturated carbocycles. The maximum atomic E-state index is 12.7. The van der Waals surface area contributed by atoms with Crippen LogP contribution in [0.4, 0.5) is 5.69 Å². The fourth-order valence-corrected chi connectivity index (χ4v) is 4.73. The molecule has 2 aliphatic heterocycles. The van der Waals surface area contributed by atoms with Gasteiger partial charge in [-0.3, -0.25) is 4.79 Å². The largest absolute Gasteiger partial charge is 0.454 e. The van der Waals surface area contributed by atoms with Crippen LogP contribution in [0.5, 0.6) is 11.5 Å². The molecule has 0 spiro atoms. The Hall–Kier alpha value is -3.07. The van der Waals surface area contributed by atoms with Crippen molar-refractivity contribution in [2.45, 2.75) is 38.1 Å². The number of carbonyl (C=O) groups excluding carboxylic acids is 1. The number of rotatable bonds is 6. The lowest BCUT2D eigenvalue weighted by atomic mass is 10.1. The Morgan fingerprint density at radius 2 is 1.97 bits per heavy atom. The first kappa shape index (κ1) is 20.2. The third-order valence-electron chi connectivity index (χ3n) is 5.06. The number of nitrogens with one attached hydrogen (secondary N) is 1. The third kappa shape index (κ3) is 3.85. The summed E-state index contributed by atoms with van der Waals surface area (Å²) in [5, 5.41) is 2.82. The summed E-state index contributed by atoms with van der Waals surface area (Å²) >= 11 is 0. The van der Waals surface area contributed by atoms with Gasteiger partial charge >= 0.3 is 0 Å². The molecule has 2 heterocycles. The lowest BCUT2D eigenvalue weighted by Crippen LogP contribution is -2.35. The molecule has 0 atom stereocenters. The highest BCUT2D eigenvalue weighted by Gasteiger charge is 2.29. The lowest BCUT2D eigenvalue weighted by molar-refractivity contribution is 0.0950. The fourth-order valence-electron chi connectivity index (χ4n) is 3.47. The van der Waals surface area contributed by atoms with Crippen LogP contribution in [0.25, 0.3) is 0 Å². The van der Waals surface area contributed by atoms with Crippen LogP contribution in [-0.2, 0) is 16.6 Å². The molecule has 2 aromatic rings. The number of hydrogen-bond acceptors (Lipinski definition) is 6. The molecule has 2 aromatic carbocycles. The Balaban J connectivity index is 1.54. The van der Waals surface area contributed by atoms with Crippen molar-refractivity contribution in [1.82, 2.24) is 5.32 Å². The van der Waals surface area contributed by atoms with Crippen LogP contribution in [0.2, 0.25) is 0 Å². The molecule has 158 valence electrons. The van der Waals surface area contributed by atoms with E-state index in [1.165, 1.54) is 6.07 Å². The van der Waals surface area contributed by atoms with Gasteiger partial charge in [-0.1, -0.05) is 19.4 Å². The summed E-state index contributed by atoms with van der Waals surface area (Å²) in [6.45, 7) is 4.89. The number of carbonyl (C=O) groups is 1. The van der Waals surface area contributed by atoms with Crippen molar-refractivity contribution in [2.24, 2.45) is 4.40 Å². The zero-order valence-corrected chi connectivity index (χ0v) is 17.7. The number of sulfonamides is 1. The van der Waals surface area contributed by atoms with E-state index in [2.05, 4.69) is 16.6 Å². The van der Waals surface area contributed by atoms with Crippen LogP contribution in [-0.4, -0.2) is 33.5 Å². The highest BCUT2D eigenvalue weighted by molar-refractivity contribution is 7.90. The molecule has 0 radical (unpaired) electrons. The Morgan fingerprint density at radius 3 is 2.77 bits per heavy atom. The Morgan fingerprint density at radius 1 is 1.17 bits per heavy atom. The topological polar surface area (TPSA) is 97.3 Å². The number of amides is 1. The van der Waals surface area contributed by atoms with Gasteiger partial charge in [-0.2, -0.15) is 8.42 Å². The van der Waals surface area contributed by atoms with E-state index < -0.39 is 10.0 Å². The van der Waals surface area contributed by atoms with E-state index in [4.69, 9.17) is 9.47 Å². The Labute approximate surface area is 175 Å². The molecule has 1 N–H and O–H groups in total. The van der Waals surface area contributed by atoms with Gasteiger partial charge in [0.2, 0.25) is 6.79 Å². The van der Waals surface area contributed by atoms with E-state index in [0.717, 1.165) is 18.4 Å². The number of benzene rings is 2. The predicted molar refractivity (Wildman–Crippen MR) is 113 cm³/mol. The second-order valence-electron chi connectivity index (χ2n) is 7.17. The molecule has 0 aromatic heterocycles. The summed E-state index contributed by atoms with van der Waals surface area (Å²) in [5.74, 6) is 1.39. The second-order valence-corrected chi connectivity index (χ2v) is 8.74. The normalized spacial score (nSPS) is 16.1. The first-order valence-corrected chi connectivity index (χ1v) is 11.2. The summed E-state index contributed by atoms with van der Waals surface area (Å²) in [7, 11) is -3.84. The van der Waals surface area contributed by atoms with Crippen LogP contribution in [0.15, 0.2) is 45.7 Å². The number of fused-ring (bicyclic) bond motifs is 2. The average Bonchev–Trinajstić information content (AvgIpc) is 3.19. The summed E-state index contributed by atoms with van der Waals surface area (Å²) < 4.78 is 39.7. The van der Waals surface area contributed by atoms with Crippen LogP contribution >= 0.6 is 0 Å². The first-order chi connectivity index (χ1) is 14.4.